The molecule has 2 aliphatic carbocycles. The average molecular weight is 212 g/mol. The van der Waals surface area contributed by atoms with Gasteiger partial charge >= 0.3 is 0 Å². The van der Waals surface area contributed by atoms with Crippen LogP contribution < -0.4 is 0 Å². The molecule has 1 saturated heterocycles. The van der Waals surface area contributed by atoms with Crippen molar-refractivity contribution in [3.8, 4) is 0 Å². The summed E-state index contributed by atoms with van der Waals surface area (Å²) in [5, 5.41) is 4.49. The maximum Gasteiger partial charge on any atom is 0.134 e. The van der Waals surface area contributed by atoms with Crippen molar-refractivity contribution in [2.45, 2.75) is 25.6 Å². The summed E-state index contributed by atoms with van der Waals surface area (Å²) in [6, 6.07) is 0. The van der Waals surface area contributed by atoms with E-state index in [-0.39, 0.29) is 41.7 Å². The van der Waals surface area contributed by atoms with Crippen LogP contribution >= 0.6 is 0 Å². The van der Waals surface area contributed by atoms with Crippen LogP contribution in [0.1, 0.15) is 13.3 Å². The third kappa shape index (κ3) is 1.08. The van der Waals surface area contributed by atoms with Crippen molar-refractivity contribution in [2.75, 3.05) is 0 Å². The van der Waals surface area contributed by atoms with Gasteiger partial charge in [-0.15, -0.1) is 0 Å². The Labute approximate surface area is 86.5 Å². The van der Waals surface area contributed by atoms with Gasteiger partial charge in [-0.25, -0.2) is 0 Å². The summed E-state index contributed by atoms with van der Waals surface area (Å²) in [6.45, 7) is 1.54. The molecule has 5 heteroatoms. The van der Waals surface area contributed by atoms with Crippen LogP contribution in [0.15, 0.2) is 0 Å². The normalized spacial score (nSPS) is 51.8. The smallest absolute Gasteiger partial charge is 0.134 e. The first-order valence-corrected chi connectivity index (χ1v) is 5.18. The Kier molecular flexibility index (Phi) is 1.95. The topological polar surface area (TPSA) is 61.8 Å². The van der Waals surface area contributed by atoms with E-state index >= 15 is 0 Å². The summed E-state index contributed by atoms with van der Waals surface area (Å²) in [5.74, 6) is -0.212. The van der Waals surface area contributed by atoms with E-state index in [4.69, 9.17) is 9.78 Å². The van der Waals surface area contributed by atoms with Crippen LogP contribution in [0.5, 0.6) is 0 Å². The van der Waals surface area contributed by atoms with E-state index in [0.717, 1.165) is 12.7 Å². The molecule has 1 heterocycles. The number of rotatable bonds is 2. The maximum absolute atomic E-state index is 11.5. The molecule has 0 N–H and O–H groups in total. The highest BCUT2D eigenvalue weighted by Gasteiger charge is 2.63. The number of aldehydes is 1. The molecule has 82 valence electrons. The lowest BCUT2D eigenvalue weighted by atomic mass is 9.75. The van der Waals surface area contributed by atoms with E-state index in [1.54, 1.807) is 0 Å². The number of carbonyl (C=O) groups is 2. The Morgan fingerprint density at radius 2 is 1.93 bits per heavy atom. The molecule has 0 unspecified atom stereocenters. The lowest BCUT2D eigenvalue weighted by Gasteiger charge is -2.29. The Hall–Kier alpha value is -0.780. The van der Waals surface area contributed by atoms with Gasteiger partial charge < -0.3 is 4.79 Å². The Balaban J connectivity index is 1.93. The fourth-order valence-electron chi connectivity index (χ4n) is 3.47. The van der Waals surface area contributed by atoms with Crippen LogP contribution in [-0.2, 0) is 24.4 Å². The lowest BCUT2D eigenvalue weighted by Crippen LogP contribution is -2.43. The Morgan fingerprint density at radius 1 is 1.27 bits per heavy atom. The molecule has 5 nitrogen and oxygen atoms in total. The standard InChI is InChI=1S/C10H12O5/c1-4(12)8-6-2-5(7(8)3-11)9-10(6)14-15-13-9/h3,5-10H,2H2,1H3/t5-,6+,7-,8+,9-,10+/m1/s1. The number of ketones is 1. The molecular formula is C10H12O5. The molecule has 3 rings (SSSR count). The summed E-state index contributed by atoms with van der Waals surface area (Å²) < 4.78 is 0. The summed E-state index contributed by atoms with van der Waals surface area (Å²) in [4.78, 5) is 32.5. The minimum Gasteiger partial charge on any atom is -0.303 e. The lowest BCUT2D eigenvalue weighted by molar-refractivity contribution is -0.470. The zero-order valence-corrected chi connectivity index (χ0v) is 8.29. The minimum atomic E-state index is -0.223. The fourth-order valence-corrected chi connectivity index (χ4v) is 3.47. The monoisotopic (exact) mass is 212 g/mol. The van der Waals surface area contributed by atoms with E-state index in [1.165, 1.54) is 6.92 Å². The van der Waals surface area contributed by atoms with Crippen LogP contribution in [0.25, 0.3) is 0 Å². The van der Waals surface area contributed by atoms with Crippen LogP contribution in [0.3, 0.4) is 0 Å². The van der Waals surface area contributed by atoms with Gasteiger partial charge in [0.15, 0.2) is 0 Å². The molecular weight excluding hydrogens is 200 g/mol. The second kappa shape index (κ2) is 3.10. The van der Waals surface area contributed by atoms with Crippen molar-refractivity contribution in [1.29, 1.82) is 0 Å². The van der Waals surface area contributed by atoms with Gasteiger partial charge in [-0.05, 0) is 13.3 Å². The van der Waals surface area contributed by atoms with Crippen molar-refractivity contribution < 1.29 is 24.4 Å². The number of Topliss-reactive ketones (excluding diaryl/α,β-unsaturated/α-hetero) is 1. The van der Waals surface area contributed by atoms with Gasteiger partial charge in [0.2, 0.25) is 0 Å². The van der Waals surface area contributed by atoms with Gasteiger partial charge in [-0.1, -0.05) is 5.04 Å². The minimum absolute atomic E-state index is 0.0635. The van der Waals surface area contributed by atoms with Gasteiger partial charge in [0.25, 0.3) is 0 Å². The summed E-state index contributed by atoms with van der Waals surface area (Å²) >= 11 is 0. The second-order valence-electron chi connectivity index (χ2n) is 4.60. The molecule has 0 spiro atoms. The van der Waals surface area contributed by atoms with E-state index in [1.807, 2.05) is 0 Å². The first-order chi connectivity index (χ1) is 7.24. The first-order valence-electron chi connectivity index (χ1n) is 5.18. The van der Waals surface area contributed by atoms with Gasteiger partial charge in [-0.3, -0.25) is 4.79 Å². The number of fused-ring (bicyclic) bond motifs is 5. The third-order valence-electron chi connectivity index (χ3n) is 4.01. The predicted octanol–water partition coefficient (Wildman–Crippen LogP) is 0.287. The second-order valence-corrected chi connectivity index (χ2v) is 4.60. The number of carbonyl (C=O) groups excluding carboxylic acids is 2. The van der Waals surface area contributed by atoms with Crippen molar-refractivity contribution in [1.82, 2.24) is 0 Å². The van der Waals surface area contributed by atoms with Crippen LogP contribution in [-0.4, -0.2) is 24.3 Å². The molecule has 1 aliphatic heterocycles. The van der Waals surface area contributed by atoms with Crippen molar-refractivity contribution in [3.63, 3.8) is 0 Å². The Morgan fingerprint density at radius 3 is 2.53 bits per heavy atom. The quantitative estimate of drug-likeness (QED) is 0.486. The highest BCUT2D eigenvalue weighted by atomic mass is 17.5. The first kappa shape index (κ1) is 9.45. The fraction of sp³-hybridized carbons (Fsp3) is 0.800. The van der Waals surface area contributed by atoms with Gasteiger partial charge in [0.05, 0.1) is 0 Å². The molecule has 6 atom stereocenters. The van der Waals surface area contributed by atoms with Gasteiger partial charge in [0, 0.05) is 23.7 Å². The molecule has 0 radical (unpaired) electrons. The zero-order valence-electron chi connectivity index (χ0n) is 8.29. The molecule has 0 aromatic heterocycles. The van der Waals surface area contributed by atoms with Crippen LogP contribution in [0, 0.1) is 23.7 Å². The zero-order chi connectivity index (χ0) is 10.6. The van der Waals surface area contributed by atoms with Crippen molar-refractivity contribution in [3.05, 3.63) is 0 Å². The highest BCUT2D eigenvalue weighted by molar-refractivity contribution is 5.83. The Bertz CT molecular complexity index is 315. The summed E-state index contributed by atoms with van der Waals surface area (Å²) in [7, 11) is 0. The molecule has 2 bridgehead atoms. The van der Waals surface area contributed by atoms with E-state index in [9.17, 15) is 9.59 Å². The molecule has 3 fully saturated rings. The van der Waals surface area contributed by atoms with Gasteiger partial charge in [-0.2, -0.15) is 9.78 Å². The average Bonchev–Trinajstić information content (AvgIpc) is 2.86. The molecule has 0 aromatic carbocycles. The molecule has 0 amide bonds. The van der Waals surface area contributed by atoms with Crippen molar-refractivity contribution in [2.24, 2.45) is 23.7 Å². The van der Waals surface area contributed by atoms with Gasteiger partial charge in [0.1, 0.15) is 24.3 Å². The molecule has 3 aliphatic rings. The molecule has 2 saturated carbocycles. The molecule has 15 heavy (non-hydrogen) atoms. The highest BCUT2D eigenvalue weighted by Crippen LogP contribution is 2.55. The van der Waals surface area contributed by atoms with E-state index < -0.39 is 0 Å². The molecule has 0 aromatic rings. The largest absolute Gasteiger partial charge is 0.303 e. The van der Waals surface area contributed by atoms with E-state index in [0.29, 0.717) is 0 Å². The predicted molar refractivity (Wildman–Crippen MR) is 46.2 cm³/mol. The van der Waals surface area contributed by atoms with Crippen LogP contribution in [0.2, 0.25) is 0 Å². The maximum atomic E-state index is 11.5. The number of hydrogen-bond donors (Lipinski definition) is 0. The SMILES string of the molecule is CC(=O)[C@@H]1[C@H](C=O)[C@H]2C[C@@H]1[C@@H]1OOO[C@H]21. The summed E-state index contributed by atoms with van der Waals surface area (Å²) in [5.41, 5.74) is 0. The third-order valence-corrected chi connectivity index (χ3v) is 4.01. The van der Waals surface area contributed by atoms with Crippen LogP contribution in [0.4, 0.5) is 0 Å². The van der Waals surface area contributed by atoms with E-state index in [2.05, 4.69) is 5.04 Å². The number of hydrogen-bond acceptors (Lipinski definition) is 5. The summed E-state index contributed by atoms with van der Waals surface area (Å²) in [6.07, 6.45) is 1.38. The van der Waals surface area contributed by atoms with Crippen molar-refractivity contribution >= 4 is 12.1 Å².